The molecule has 0 saturated carbocycles. The average molecular weight is 198 g/mol. The van der Waals surface area contributed by atoms with Gasteiger partial charge in [0.05, 0.1) is 0 Å². The number of anilines is 1. The minimum Gasteiger partial charge on any atom is -0.388 e. The Kier molecular flexibility index (Phi) is 3.03. The Morgan fingerprint density at radius 3 is 2.77 bits per heavy atom. The number of rotatable bonds is 3. The predicted octanol–water partition coefficient (Wildman–Crippen LogP) is 1.76. The van der Waals surface area contributed by atoms with Crippen LogP contribution < -0.4 is 5.32 Å². The van der Waals surface area contributed by atoms with E-state index in [1.54, 1.807) is 19.2 Å². The van der Waals surface area contributed by atoms with Crippen LogP contribution in [0.2, 0.25) is 5.02 Å². The van der Waals surface area contributed by atoms with Crippen LogP contribution in [0.4, 0.5) is 5.69 Å². The van der Waals surface area contributed by atoms with Crippen molar-refractivity contribution in [3.8, 4) is 0 Å². The zero-order valence-corrected chi connectivity index (χ0v) is 7.76. The first-order valence-electron chi connectivity index (χ1n) is 3.66. The quantitative estimate of drug-likeness (QED) is 0.456. The summed E-state index contributed by atoms with van der Waals surface area (Å²) in [6.45, 7) is 0. The Balaban J connectivity index is 3.23. The highest BCUT2D eigenvalue weighted by atomic mass is 35.5. The fourth-order valence-electron chi connectivity index (χ4n) is 1.00. The molecule has 1 rings (SSSR count). The van der Waals surface area contributed by atoms with E-state index in [2.05, 4.69) is 5.32 Å². The van der Waals surface area contributed by atoms with Crippen molar-refractivity contribution in [3.63, 3.8) is 0 Å². The summed E-state index contributed by atoms with van der Waals surface area (Å²) in [5.74, 6) is -0.577. The van der Waals surface area contributed by atoms with Gasteiger partial charge in [0, 0.05) is 23.3 Å². The Morgan fingerprint density at radius 2 is 2.23 bits per heavy atom. The van der Waals surface area contributed by atoms with Crippen molar-refractivity contribution in [2.75, 3.05) is 12.4 Å². The van der Waals surface area contributed by atoms with Gasteiger partial charge in [0.1, 0.15) is 0 Å². The van der Waals surface area contributed by atoms with E-state index >= 15 is 0 Å². The van der Waals surface area contributed by atoms with Gasteiger partial charge in [-0.15, -0.1) is 0 Å². The van der Waals surface area contributed by atoms with E-state index < -0.39 is 5.78 Å². The van der Waals surface area contributed by atoms with Crippen LogP contribution in [0, 0.1) is 0 Å². The molecule has 0 atom stereocenters. The van der Waals surface area contributed by atoms with Crippen LogP contribution in [-0.2, 0) is 4.79 Å². The summed E-state index contributed by atoms with van der Waals surface area (Å²) < 4.78 is 0. The van der Waals surface area contributed by atoms with Crippen molar-refractivity contribution < 1.29 is 9.59 Å². The van der Waals surface area contributed by atoms with E-state index in [9.17, 15) is 9.59 Å². The largest absolute Gasteiger partial charge is 0.388 e. The van der Waals surface area contributed by atoms with Crippen molar-refractivity contribution in [2.45, 2.75) is 0 Å². The van der Waals surface area contributed by atoms with Gasteiger partial charge in [0.15, 0.2) is 6.29 Å². The summed E-state index contributed by atoms with van der Waals surface area (Å²) in [7, 11) is 1.67. The van der Waals surface area contributed by atoms with Crippen LogP contribution in [0.3, 0.4) is 0 Å². The van der Waals surface area contributed by atoms with Gasteiger partial charge in [-0.05, 0) is 18.2 Å². The van der Waals surface area contributed by atoms with Gasteiger partial charge in [-0.1, -0.05) is 11.6 Å². The molecule has 0 aliphatic heterocycles. The first-order chi connectivity index (χ1) is 6.19. The molecule has 0 bridgehead atoms. The lowest BCUT2D eigenvalue weighted by Crippen LogP contribution is -2.04. The topological polar surface area (TPSA) is 46.2 Å². The lowest BCUT2D eigenvalue weighted by molar-refractivity contribution is -0.104. The molecule has 0 heterocycles. The molecule has 3 nitrogen and oxygen atoms in total. The van der Waals surface area contributed by atoms with E-state index in [0.717, 1.165) is 0 Å². The van der Waals surface area contributed by atoms with Gasteiger partial charge in [-0.2, -0.15) is 0 Å². The Labute approximate surface area is 80.7 Å². The molecule has 4 heteroatoms. The SMILES string of the molecule is CNc1ccc(Cl)cc1C(=O)C=O. The summed E-state index contributed by atoms with van der Waals surface area (Å²) in [6.07, 6.45) is 0.270. The molecule has 1 aromatic carbocycles. The molecule has 0 saturated heterocycles. The Bertz CT molecular complexity index is 349. The fourth-order valence-corrected chi connectivity index (χ4v) is 1.17. The molecular formula is C9H8ClNO2. The van der Waals surface area contributed by atoms with E-state index in [0.29, 0.717) is 16.3 Å². The fraction of sp³-hybridized carbons (Fsp3) is 0.111. The van der Waals surface area contributed by atoms with Crippen LogP contribution in [0.5, 0.6) is 0 Å². The number of carbonyl (C=O) groups excluding carboxylic acids is 2. The van der Waals surface area contributed by atoms with Gasteiger partial charge >= 0.3 is 0 Å². The van der Waals surface area contributed by atoms with E-state index in [-0.39, 0.29) is 6.29 Å². The van der Waals surface area contributed by atoms with Crippen LogP contribution in [-0.4, -0.2) is 19.1 Å². The number of aldehydes is 1. The van der Waals surface area contributed by atoms with Gasteiger partial charge in [0.2, 0.25) is 5.78 Å². The van der Waals surface area contributed by atoms with Gasteiger partial charge in [0.25, 0.3) is 0 Å². The molecule has 68 valence electrons. The molecule has 0 unspecified atom stereocenters. The van der Waals surface area contributed by atoms with Crippen molar-refractivity contribution in [1.82, 2.24) is 0 Å². The highest BCUT2D eigenvalue weighted by Gasteiger charge is 2.09. The number of nitrogens with one attached hydrogen (secondary N) is 1. The van der Waals surface area contributed by atoms with Crippen LogP contribution in [0.25, 0.3) is 0 Å². The third-order valence-corrected chi connectivity index (χ3v) is 1.86. The van der Waals surface area contributed by atoms with Crippen molar-refractivity contribution in [2.24, 2.45) is 0 Å². The van der Waals surface area contributed by atoms with Crippen LogP contribution >= 0.6 is 11.6 Å². The van der Waals surface area contributed by atoms with Gasteiger partial charge in [-0.25, -0.2) is 0 Å². The summed E-state index contributed by atoms with van der Waals surface area (Å²) in [6, 6.07) is 4.76. The molecule has 0 aliphatic rings. The second kappa shape index (κ2) is 4.05. The third kappa shape index (κ3) is 2.06. The van der Waals surface area contributed by atoms with E-state index in [1.165, 1.54) is 6.07 Å². The van der Waals surface area contributed by atoms with E-state index in [4.69, 9.17) is 11.6 Å². The lowest BCUT2D eigenvalue weighted by Gasteiger charge is -2.04. The highest BCUT2D eigenvalue weighted by Crippen LogP contribution is 2.20. The van der Waals surface area contributed by atoms with Gasteiger partial charge < -0.3 is 5.32 Å². The first kappa shape index (κ1) is 9.74. The maximum absolute atomic E-state index is 11.1. The number of halogens is 1. The normalized spacial score (nSPS) is 9.38. The zero-order chi connectivity index (χ0) is 9.84. The number of benzene rings is 1. The second-order valence-electron chi connectivity index (χ2n) is 2.42. The summed E-state index contributed by atoms with van der Waals surface area (Å²) in [5.41, 5.74) is 0.895. The molecule has 0 aromatic heterocycles. The highest BCUT2D eigenvalue weighted by molar-refractivity contribution is 6.36. The molecule has 0 amide bonds. The number of Topliss-reactive ketones (excluding diaryl/α,β-unsaturated/α-hetero) is 1. The van der Waals surface area contributed by atoms with Gasteiger partial charge in [-0.3, -0.25) is 9.59 Å². The zero-order valence-electron chi connectivity index (χ0n) is 7.00. The number of carbonyl (C=O) groups is 2. The maximum Gasteiger partial charge on any atom is 0.227 e. The molecule has 0 spiro atoms. The van der Waals surface area contributed by atoms with E-state index in [1.807, 2.05) is 0 Å². The van der Waals surface area contributed by atoms with Crippen molar-refractivity contribution in [3.05, 3.63) is 28.8 Å². The first-order valence-corrected chi connectivity index (χ1v) is 4.03. The summed E-state index contributed by atoms with van der Waals surface area (Å²) in [5, 5.41) is 3.23. The molecule has 0 radical (unpaired) electrons. The summed E-state index contributed by atoms with van der Waals surface area (Å²) >= 11 is 5.68. The lowest BCUT2D eigenvalue weighted by atomic mass is 10.1. The summed E-state index contributed by atoms with van der Waals surface area (Å²) in [4.78, 5) is 21.3. The van der Waals surface area contributed by atoms with Crippen molar-refractivity contribution in [1.29, 1.82) is 0 Å². The Hall–Kier alpha value is -1.35. The number of hydrogen-bond acceptors (Lipinski definition) is 3. The molecule has 1 N–H and O–H groups in total. The van der Waals surface area contributed by atoms with Crippen molar-refractivity contribution >= 4 is 29.4 Å². The third-order valence-electron chi connectivity index (χ3n) is 1.62. The monoisotopic (exact) mass is 197 g/mol. The van der Waals surface area contributed by atoms with Crippen LogP contribution in [0.1, 0.15) is 10.4 Å². The average Bonchev–Trinajstić information content (AvgIpc) is 2.16. The molecule has 13 heavy (non-hydrogen) atoms. The minimum atomic E-state index is -0.577. The minimum absolute atomic E-state index is 0.270. The molecule has 0 aliphatic carbocycles. The predicted molar refractivity (Wildman–Crippen MR) is 51.4 cm³/mol. The number of hydrogen-bond donors (Lipinski definition) is 1. The molecule has 1 aromatic rings. The second-order valence-corrected chi connectivity index (χ2v) is 2.86. The number of ketones is 1. The maximum atomic E-state index is 11.1. The Morgan fingerprint density at radius 1 is 1.54 bits per heavy atom. The smallest absolute Gasteiger partial charge is 0.227 e. The molecule has 0 fully saturated rings. The standard InChI is InChI=1S/C9H8ClNO2/c1-11-8-3-2-6(10)4-7(8)9(13)5-12/h2-5,11H,1H3. The van der Waals surface area contributed by atoms with Crippen LogP contribution in [0.15, 0.2) is 18.2 Å². The molecular weight excluding hydrogens is 190 g/mol.